The van der Waals surface area contributed by atoms with Crippen LogP contribution in [-0.4, -0.2) is 85.7 Å². The molecule has 2 atom stereocenters. The van der Waals surface area contributed by atoms with Gasteiger partial charge in [0, 0.05) is 54.7 Å². The van der Waals surface area contributed by atoms with Gasteiger partial charge in [0.25, 0.3) is 0 Å². The van der Waals surface area contributed by atoms with Crippen molar-refractivity contribution in [3.63, 3.8) is 0 Å². The molecule has 0 saturated carbocycles. The van der Waals surface area contributed by atoms with Crippen LogP contribution in [0.4, 0.5) is 0 Å². The zero-order chi connectivity index (χ0) is 20.9. The van der Waals surface area contributed by atoms with Crippen LogP contribution in [-0.2, 0) is 36.0 Å². The van der Waals surface area contributed by atoms with Gasteiger partial charge in [-0.15, -0.1) is 0 Å². The molecule has 10 heteroatoms. The number of rotatable bonds is 16. The molecule has 0 spiro atoms. The van der Waals surface area contributed by atoms with Crippen molar-refractivity contribution in [2.75, 3.05) is 55.9 Å². The van der Waals surface area contributed by atoms with Crippen LogP contribution in [0.2, 0.25) is 12.1 Å². The molecule has 0 N–H and O–H groups in total. The van der Waals surface area contributed by atoms with E-state index in [4.69, 9.17) is 36.0 Å². The highest BCUT2D eigenvalue weighted by Crippen LogP contribution is 2.22. The topological polar surface area (TPSA) is 80.4 Å². The van der Waals surface area contributed by atoms with Crippen LogP contribution < -0.4 is 0 Å². The van der Waals surface area contributed by atoms with Gasteiger partial charge in [-0.1, -0.05) is 12.8 Å². The quantitative estimate of drug-likeness (QED) is 0.206. The third-order valence-corrected chi connectivity index (χ3v) is 10.9. The number of ether oxygens (including phenoxy) is 2. The van der Waals surface area contributed by atoms with Gasteiger partial charge in [-0.2, -0.15) is 0 Å². The molecule has 0 aromatic heterocycles. The van der Waals surface area contributed by atoms with E-state index in [-0.39, 0.29) is 0 Å². The average Bonchev–Trinajstić information content (AvgIpc) is 3.65. The Balaban J connectivity index is 0.000000280. The minimum absolute atomic E-state index is 0.527. The Bertz CT molecular complexity index is 333. The van der Waals surface area contributed by atoms with Crippen molar-refractivity contribution in [2.24, 2.45) is 0 Å². The summed E-state index contributed by atoms with van der Waals surface area (Å²) in [5.41, 5.74) is 0. The second-order valence-electron chi connectivity index (χ2n) is 6.99. The number of unbranched alkanes of at least 4 members (excludes halogenated alkanes) is 2. The molecule has 2 saturated heterocycles. The summed E-state index contributed by atoms with van der Waals surface area (Å²) in [4.78, 5) is 0. The van der Waals surface area contributed by atoms with Crippen LogP contribution in [0.25, 0.3) is 0 Å². The standard InChI is InChI=1S/2C9H20O4Si/c2*1-10-14(11-2,12-3)7-5-4-6-9-8-13-9/h2*9H,4-8H2,1-3H3. The predicted molar refractivity (Wildman–Crippen MR) is 110 cm³/mol. The predicted octanol–water partition coefficient (Wildman–Crippen LogP) is 2.87. The Hall–Kier alpha value is 0.114. The molecule has 2 unspecified atom stereocenters. The summed E-state index contributed by atoms with van der Waals surface area (Å²) in [6.07, 6.45) is 7.86. The molecule has 0 aromatic rings. The summed E-state index contributed by atoms with van der Waals surface area (Å²) in [5.74, 6) is 0. The first-order valence-corrected chi connectivity index (χ1v) is 13.9. The molecule has 2 heterocycles. The van der Waals surface area contributed by atoms with Crippen LogP contribution >= 0.6 is 0 Å². The van der Waals surface area contributed by atoms with Crippen molar-refractivity contribution in [1.29, 1.82) is 0 Å². The van der Waals surface area contributed by atoms with E-state index in [1.54, 1.807) is 42.7 Å². The van der Waals surface area contributed by atoms with E-state index in [1.807, 2.05) is 0 Å². The van der Waals surface area contributed by atoms with Gasteiger partial charge < -0.3 is 36.0 Å². The van der Waals surface area contributed by atoms with Crippen molar-refractivity contribution in [3.8, 4) is 0 Å². The molecule has 0 radical (unpaired) electrons. The molecule has 28 heavy (non-hydrogen) atoms. The van der Waals surface area contributed by atoms with E-state index in [9.17, 15) is 0 Å². The first-order chi connectivity index (χ1) is 13.5. The fourth-order valence-electron chi connectivity index (χ4n) is 3.01. The van der Waals surface area contributed by atoms with Crippen LogP contribution in [0, 0.1) is 0 Å². The highest BCUT2D eigenvalue weighted by molar-refractivity contribution is 6.60. The Morgan fingerprint density at radius 1 is 0.571 bits per heavy atom. The van der Waals surface area contributed by atoms with Gasteiger partial charge in [0.15, 0.2) is 0 Å². The van der Waals surface area contributed by atoms with Crippen molar-refractivity contribution in [2.45, 2.75) is 62.8 Å². The lowest BCUT2D eigenvalue weighted by Crippen LogP contribution is -2.42. The maximum Gasteiger partial charge on any atom is 0.500 e. The summed E-state index contributed by atoms with van der Waals surface area (Å²) in [6.45, 7) is 1.89. The highest BCUT2D eigenvalue weighted by Gasteiger charge is 2.37. The Morgan fingerprint density at radius 2 is 0.857 bits per heavy atom. The lowest BCUT2D eigenvalue weighted by Gasteiger charge is -2.24. The molecule has 0 aromatic carbocycles. The van der Waals surface area contributed by atoms with E-state index < -0.39 is 17.6 Å². The molecule has 0 aliphatic carbocycles. The van der Waals surface area contributed by atoms with Crippen molar-refractivity contribution >= 4 is 17.6 Å². The lowest BCUT2D eigenvalue weighted by molar-refractivity contribution is 0.122. The van der Waals surface area contributed by atoms with E-state index in [0.717, 1.165) is 63.8 Å². The first-order valence-electron chi connectivity index (χ1n) is 10.1. The minimum atomic E-state index is -2.31. The monoisotopic (exact) mass is 440 g/mol. The molecule has 0 amide bonds. The molecule has 2 aliphatic heterocycles. The van der Waals surface area contributed by atoms with Gasteiger partial charge in [-0.25, -0.2) is 0 Å². The van der Waals surface area contributed by atoms with Gasteiger partial charge in [-0.05, 0) is 25.7 Å². The molecular formula is C18H40O8Si2. The van der Waals surface area contributed by atoms with Crippen LogP contribution in [0.5, 0.6) is 0 Å². The fraction of sp³-hybridized carbons (Fsp3) is 1.00. The Morgan fingerprint density at radius 3 is 1.07 bits per heavy atom. The maximum absolute atomic E-state index is 5.32. The third kappa shape index (κ3) is 10.2. The van der Waals surface area contributed by atoms with Crippen LogP contribution in [0.15, 0.2) is 0 Å². The molecule has 2 rings (SSSR count). The highest BCUT2D eigenvalue weighted by atomic mass is 28.4. The minimum Gasteiger partial charge on any atom is -0.377 e. The number of epoxide rings is 2. The molecular weight excluding hydrogens is 400 g/mol. The summed E-state index contributed by atoms with van der Waals surface area (Å²) < 4.78 is 42.2. The second-order valence-corrected chi connectivity index (χ2v) is 13.2. The van der Waals surface area contributed by atoms with Crippen molar-refractivity contribution in [1.82, 2.24) is 0 Å². The summed E-state index contributed by atoms with van der Waals surface area (Å²) in [6, 6.07) is 1.78. The van der Waals surface area contributed by atoms with Crippen molar-refractivity contribution in [3.05, 3.63) is 0 Å². The SMILES string of the molecule is CO[Si](CCCCC1CO1)(OC)OC.CO[Si](CCCCC1CO1)(OC)OC. The molecule has 2 fully saturated rings. The van der Waals surface area contributed by atoms with E-state index in [2.05, 4.69) is 0 Å². The van der Waals surface area contributed by atoms with Gasteiger partial charge in [0.2, 0.25) is 0 Å². The molecule has 168 valence electrons. The lowest BCUT2D eigenvalue weighted by atomic mass is 10.2. The largest absolute Gasteiger partial charge is 0.500 e. The smallest absolute Gasteiger partial charge is 0.377 e. The molecule has 2 aliphatic rings. The van der Waals surface area contributed by atoms with Gasteiger partial charge >= 0.3 is 17.6 Å². The van der Waals surface area contributed by atoms with E-state index >= 15 is 0 Å². The zero-order valence-electron chi connectivity index (χ0n) is 18.5. The summed E-state index contributed by atoms with van der Waals surface area (Å²) in [5, 5.41) is 0. The first kappa shape index (κ1) is 26.1. The Labute approximate surface area is 172 Å². The van der Waals surface area contributed by atoms with Gasteiger partial charge in [0.05, 0.1) is 25.4 Å². The molecule has 0 bridgehead atoms. The number of hydrogen-bond donors (Lipinski definition) is 0. The second kappa shape index (κ2) is 14.2. The molecule has 8 nitrogen and oxygen atoms in total. The average molecular weight is 441 g/mol. The zero-order valence-corrected chi connectivity index (χ0v) is 20.5. The maximum atomic E-state index is 5.32. The fourth-order valence-corrected chi connectivity index (χ4v) is 6.60. The van der Waals surface area contributed by atoms with E-state index in [0.29, 0.717) is 12.2 Å². The summed E-state index contributed by atoms with van der Waals surface area (Å²) in [7, 11) is 5.32. The normalized spacial score (nSPS) is 21.2. The van der Waals surface area contributed by atoms with Gasteiger partial charge in [-0.3, -0.25) is 0 Å². The summed E-state index contributed by atoms with van der Waals surface area (Å²) >= 11 is 0. The van der Waals surface area contributed by atoms with Gasteiger partial charge in [0.1, 0.15) is 0 Å². The van der Waals surface area contributed by atoms with Crippen LogP contribution in [0.3, 0.4) is 0 Å². The Kier molecular flexibility index (Phi) is 13.2. The van der Waals surface area contributed by atoms with E-state index in [1.165, 1.54) is 0 Å². The third-order valence-electron chi connectivity index (χ3n) is 5.19. The number of hydrogen-bond acceptors (Lipinski definition) is 8. The van der Waals surface area contributed by atoms with Crippen LogP contribution in [0.1, 0.15) is 38.5 Å². The van der Waals surface area contributed by atoms with Crippen molar-refractivity contribution < 1.29 is 36.0 Å².